The summed E-state index contributed by atoms with van der Waals surface area (Å²) in [6, 6.07) is 6.23. The maximum absolute atomic E-state index is 12.2. The molecule has 4 nitrogen and oxygen atoms in total. The number of rotatable bonds is 6. The lowest BCUT2D eigenvalue weighted by atomic mass is 10.3. The van der Waals surface area contributed by atoms with Crippen molar-refractivity contribution in [2.24, 2.45) is 5.73 Å². The standard InChI is InChI=1S/C13H13F2N3OS2/c14-13(15)21-9-3-1-8(2-4-9)17-12(19)10-7-20-11(18-10)5-6-16/h1-4,7,13H,5-6,16H2,(H,17,19). The highest BCUT2D eigenvalue weighted by Gasteiger charge is 2.11. The molecule has 2 aromatic rings. The molecule has 0 aliphatic heterocycles. The number of thiazole rings is 1. The van der Waals surface area contributed by atoms with Crippen LogP contribution in [0.3, 0.4) is 0 Å². The lowest BCUT2D eigenvalue weighted by Crippen LogP contribution is -2.12. The van der Waals surface area contributed by atoms with Crippen LogP contribution in [0.4, 0.5) is 14.5 Å². The molecule has 0 unspecified atom stereocenters. The van der Waals surface area contributed by atoms with Gasteiger partial charge in [-0.3, -0.25) is 4.79 Å². The molecule has 0 atom stereocenters. The van der Waals surface area contributed by atoms with Gasteiger partial charge in [-0.2, -0.15) is 8.78 Å². The van der Waals surface area contributed by atoms with Crippen molar-refractivity contribution in [2.75, 3.05) is 11.9 Å². The van der Waals surface area contributed by atoms with Crippen LogP contribution in [0.1, 0.15) is 15.5 Å². The smallest absolute Gasteiger partial charge is 0.288 e. The summed E-state index contributed by atoms with van der Waals surface area (Å²) in [4.78, 5) is 16.6. The largest absolute Gasteiger partial charge is 0.330 e. The molecule has 2 rings (SSSR count). The molecule has 0 radical (unpaired) electrons. The molecule has 112 valence electrons. The van der Waals surface area contributed by atoms with Gasteiger partial charge in [0.25, 0.3) is 11.7 Å². The number of alkyl halides is 2. The first kappa shape index (κ1) is 15.9. The molecule has 0 fully saturated rings. The van der Waals surface area contributed by atoms with Crippen LogP contribution in [-0.2, 0) is 6.42 Å². The number of halogens is 2. The van der Waals surface area contributed by atoms with Crippen molar-refractivity contribution < 1.29 is 13.6 Å². The van der Waals surface area contributed by atoms with Crippen LogP contribution in [0.15, 0.2) is 34.5 Å². The summed E-state index contributed by atoms with van der Waals surface area (Å²) in [5.74, 6) is -2.79. The third-order valence-corrected chi connectivity index (χ3v) is 4.11. The van der Waals surface area contributed by atoms with Crippen molar-refractivity contribution in [3.63, 3.8) is 0 Å². The molecule has 3 N–H and O–H groups in total. The maximum atomic E-state index is 12.2. The number of benzene rings is 1. The minimum atomic E-state index is -2.46. The van der Waals surface area contributed by atoms with Gasteiger partial charge in [-0.1, -0.05) is 11.8 Å². The first-order valence-electron chi connectivity index (χ1n) is 6.09. The average molecular weight is 329 g/mol. The van der Waals surface area contributed by atoms with E-state index in [9.17, 15) is 13.6 Å². The molecule has 1 amide bonds. The van der Waals surface area contributed by atoms with Crippen molar-refractivity contribution in [2.45, 2.75) is 17.1 Å². The van der Waals surface area contributed by atoms with Gasteiger partial charge >= 0.3 is 0 Å². The number of anilines is 1. The third kappa shape index (κ3) is 4.76. The molecule has 1 heterocycles. The molecule has 1 aromatic heterocycles. The summed E-state index contributed by atoms with van der Waals surface area (Å²) >= 11 is 1.85. The second-order valence-electron chi connectivity index (χ2n) is 4.02. The van der Waals surface area contributed by atoms with Crippen molar-refractivity contribution in [3.05, 3.63) is 40.3 Å². The van der Waals surface area contributed by atoms with Gasteiger partial charge in [0.2, 0.25) is 0 Å². The van der Waals surface area contributed by atoms with E-state index in [-0.39, 0.29) is 5.91 Å². The second-order valence-corrected chi connectivity index (χ2v) is 6.03. The quantitative estimate of drug-likeness (QED) is 0.799. The number of carbonyl (C=O) groups excluding carboxylic acids is 1. The van der Waals surface area contributed by atoms with Crippen molar-refractivity contribution >= 4 is 34.7 Å². The Morgan fingerprint density at radius 2 is 2.10 bits per heavy atom. The summed E-state index contributed by atoms with van der Waals surface area (Å²) < 4.78 is 24.4. The number of nitrogens with zero attached hydrogens (tertiary/aromatic N) is 1. The molecule has 1 aromatic carbocycles. The van der Waals surface area contributed by atoms with E-state index in [0.717, 1.165) is 5.01 Å². The van der Waals surface area contributed by atoms with E-state index < -0.39 is 5.76 Å². The van der Waals surface area contributed by atoms with Crippen molar-refractivity contribution in [1.29, 1.82) is 0 Å². The Bertz CT molecular complexity index is 602. The second kappa shape index (κ2) is 7.48. The zero-order chi connectivity index (χ0) is 15.2. The normalized spacial score (nSPS) is 10.9. The third-order valence-electron chi connectivity index (χ3n) is 2.48. The van der Waals surface area contributed by atoms with Crippen LogP contribution in [0.2, 0.25) is 0 Å². The monoisotopic (exact) mass is 329 g/mol. The van der Waals surface area contributed by atoms with Crippen molar-refractivity contribution in [3.8, 4) is 0 Å². The van der Waals surface area contributed by atoms with E-state index in [1.807, 2.05) is 0 Å². The summed E-state index contributed by atoms with van der Waals surface area (Å²) in [5, 5.41) is 5.15. The predicted octanol–water partition coefficient (Wildman–Crippen LogP) is 3.21. The molecule has 0 saturated heterocycles. The summed E-state index contributed by atoms with van der Waals surface area (Å²) in [7, 11) is 0. The molecule has 0 aliphatic rings. The lowest BCUT2D eigenvalue weighted by Gasteiger charge is -2.05. The van der Waals surface area contributed by atoms with E-state index in [2.05, 4.69) is 10.3 Å². The Kier molecular flexibility index (Phi) is 5.66. The Labute approximate surface area is 128 Å². The van der Waals surface area contributed by atoms with Crippen LogP contribution >= 0.6 is 23.1 Å². The van der Waals surface area contributed by atoms with Gasteiger partial charge in [0.15, 0.2) is 0 Å². The summed E-state index contributed by atoms with van der Waals surface area (Å²) in [6.07, 6.45) is 0.636. The average Bonchev–Trinajstić information content (AvgIpc) is 2.89. The van der Waals surface area contributed by atoms with Gasteiger partial charge in [-0.25, -0.2) is 4.98 Å². The fraction of sp³-hybridized carbons (Fsp3) is 0.231. The minimum absolute atomic E-state index is 0.328. The van der Waals surface area contributed by atoms with Gasteiger partial charge < -0.3 is 11.1 Å². The Morgan fingerprint density at radius 1 is 1.38 bits per heavy atom. The molecule has 0 spiro atoms. The number of hydrogen-bond donors (Lipinski definition) is 2. The highest BCUT2D eigenvalue weighted by Crippen LogP contribution is 2.26. The first-order chi connectivity index (χ1) is 10.1. The number of nitrogens with one attached hydrogen (secondary N) is 1. The molecule has 0 bridgehead atoms. The Balaban J connectivity index is 1.98. The maximum Gasteiger partial charge on any atom is 0.288 e. The number of amides is 1. The molecule has 21 heavy (non-hydrogen) atoms. The van der Waals surface area contributed by atoms with Gasteiger partial charge in [0, 0.05) is 22.4 Å². The number of thioether (sulfide) groups is 1. The fourth-order valence-electron chi connectivity index (χ4n) is 1.57. The first-order valence-corrected chi connectivity index (χ1v) is 7.85. The van der Waals surface area contributed by atoms with E-state index in [1.54, 1.807) is 17.5 Å². The summed E-state index contributed by atoms with van der Waals surface area (Å²) in [5.41, 5.74) is 6.29. The van der Waals surface area contributed by atoms with Gasteiger partial charge in [-0.05, 0) is 30.8 Å². The van der Waals surface area contributed by atoms with Gasteiger partial charge in [0.1, 0.15) is 5.69 Å². The predicted molar refractivity (Wildman–Crippen MR) is 81.1 cm³/mol. The van der Waals surface area contributed by atoms with Gasteiger partial charge in [0.05, 0.1) is 5.01 Å². The van der Waals surface area contributed by atoms with E-state index >= 15 is 0 Å². The minimum Gasteiger partial charge on any atom is -0.330 e. The Morgan fingerprint density at radius 3 is 2.71 bits per heavy atom. The van der Waals surface area contributed by atoms with Crippen LogP contribution in [-0.4, -0.2) is 23.2 Å². The molecule has 0 aliphatic carbocycles. The Hall–Kier alpha value is -1.51. The number of aromatic nitrogens is 1. The number of hydrogen-bond acceptors (Lipinski definition) is 5. The molecule has 8 heteroatoms. The molecular weight excluding hydrogens is 316 g/mol. The summed E-state index contributed by atoms with van der Waals surface area (Å²) in [6.45, 7) is 0.484. The van der Waals surface area contributed by atoms with Crippen LogP contribution in [0.5, 0.6) is 0 Å². The SMILES string of the molecule is NCCc1nc(C(=O)Nc2ccc(SC(F)F)cc2)cs1. The van der Waals surface area contributed by atoms with Crippen LogP contribution in [0.25, 0.3) is 0 Å². The van der Waals surface area contributed by atoms with E-state index in [0.29, 0.717) is 41.0 Å². The number of carbonyl (C=O) groups is 1. The highest BCUT2D eigenvalue weighted by atomic mass is 32.2. The topological polar surface area (TPSA) is 68.0 Å². The van der Waals surface area contributed by atoms with Crippen LogP contribution in [0, 0.1) is 0 Å². The van der Waals surface area contributed by atoms with E-state index in [4.69, 9.17) is 5.73 Å². The highest BCUT2D eigenvalue weighted by molar-refractivity contribution is 7.99. The fourth-order valence-corrected chi connectivity index (χ4v) is 2.86. The van der Waals surface area contributed by atoms with Crippen LogP contribution < -0.4 is 11.1 Å². The molecular formula is C13H13F2N3OS2. The zero-order valence-corrected chi connectivity index (χ0v) is 12.5. The van der Waals surface area contributed by atoms with Gasteiger partial charge in [-0.15, -0.1) is 11.3 Å². The number of nitrogens with two attached hydrogens (primary N) is 1. The van der Waals surface area contributed by atoms with E-state index in [1.165, 1.54) is 23.5 Å². The lowest BCUT2D eigenvalue weighted by molar-refractivity contribution is 0.102. The molecule has 0 saturated carbocycles. The zero-order valence-electron chi connectivity index (χ0n) is 10.9. The van der Waals surface area contributed by atoms with Crippen molar-refractivity contribution in [1.82, 2.24) is 4.98 Å².